The minimum Gasteiger partial charge on any atom is -0.472 e. The van der Waals surface area contributed by atoms with E-state index in [4.69, 9.17) is 4.74 Å². The summed E-state index contributed by atoms with van der Waals surface area (Å²) in [5, 5.41) is 9.67. The van der Waals surface area contributed by atoms with Crippen LogP contribution in [0.3, 0.4) is 0 Å². The Labute approximate surface area is 180 Å². The Morgan fingerprint density at radius 2 is 2.10 bits per heavy atom. The number of benzene rings is 1. The lowest BCUT2D eigenvalue weighted by atomic mass is 10.00. The predicted molar refractivity (Wildman–Crippen MR) is 116 cm³/mol. The lowest BCUT2D eigenvalue weighted by Gasteiger charge is -2.37. The van der Waals surface area contributed by atoms with Gasteiger partial charge in [0.05, 0.1) is 12.6 Å². The van der Waals surface area contributed by atoms with Gasteiger partial charge in [0.25, 0.3) is 5.91 Å². The smallest absolute Gasteiger partial charge is 0.259 e. The maximum absolute atomic E-state index is 13.1. The number of aromatic nitrogens is 1. The third-order valence-electron chi connectivity index (χ3n) is 5.27. The van der Waals surface area contributed by atoms with Crippen LogP contribution < -0.4 is 4.74 Å². The summed E-state index contributed by atoms with van der Waals surface area (Å²) >= 11 is 3.39. The highest BCUT2D eigenvalue weighted by atomic mass is 79.9. The minimum atomic E-state index is -0.280. The molecule has 0 spiro atoms. The summed E-state index contributed by atoms with van der Waals surface area (Å²) in [6.45, 7) is 5.86. The van der Waals surface area contributed by atoms with Gasteiger partial charge >= 0.3 is 0 Å². The van der Waals surface area contributed by atoms with E-state index < -0.39 is 0 Å². The second kappa shape index (κ2) is 9.69. The number of carbonyl (C=O) groups excluding carboxylic acids is 1. The summed E-state index contributed by atoms with van der Waals surface area (Å²) in [4.78, 5) is 21.4. The molecule has 0 unspecified atom stereocenters. The molecule has 1 aliphatic rings. The van der Waals surface area contributed by atoms with E-state index in [9.17, 15) is 9.90 Å². The molecule has 3 atom stereocenters. The molecule has 0 fully saturated rings. The third kappa shape index (κ3) is 5.35. The number of aliphatic hydroxyl groups is 1. The van der Waals surface area contributed by atoms with Crippen molar-refractivity contribution in [1.82, 2.24) is 14.8 Å². The van der Waals surface area contributed by atoms with Crippen LogP contribution in [0.15, 0.2) is 47.1 Å². The van der Waals surface area contributed by atoms with Gasteiger partial charge in [-0.05, 0) is 41.5 Å². The average molecular weight is 462 g/mol. The molecule has 29 heavy (non-hydrogen) atoms. The van der Waals surface area contributed by atoms with Gasteiger partial charge in [-0.15, -0.1) is 0 Å². The van der Waals surface area contributed by atoms with Crippen molar-refractivity contribution in [2.75, 3.05) is 26.7 Å². The molecule has 2 aromatic rings. The van der Waals surface area contributed by atoms with Crippen molar-refractivity contribution < 1.29 is 14.6 Å². The number of rotatable bonds is 6. The molecular formula is C22H28BrN3O3. The summed E-state index contributed by atoms with van der Waals surface area (Å²) in [5.74, 6) is 0.251. The van der Waals surface area contributed by atoms with Gasteiger partial charge in [0.1, 0.15) is 11.7 Å². The fourth-order valence-corrected chi connectivity index (χ4v) is 3.89. The number of halogens is 1. The van der Waals surface area contributed by atoms with Gasteiger partial charge in [0.15, 0.2) is 0 Å². The summed E-state index contributed by atoms with van der Waals surface area (Å²) in [6.07, 6.45) is 1.50. The quantitative estimate of drug-likeness (QED) is 0.715. The normalized spacial score (nSPS) is 20.6. The molecule has 3 rings (SSSR count). The molecule has 1 amide bonds. The maximum atomic E-state index is 13.1. The molecule has 1 aromatic heterocycles. The lowest BCUT2D eigenvalue weighted by Crippen LogP contribution is -2.49. The van der Waals surface area contributed by atoms with E-state index in [0.717, 1.165) is 11.0 Å². The first kappa shape index (κ1) is 21.7. The topological polar surface area (TPSA) is 65.9 Å². The van der Waals surface area contributed by atoms with E-state index in [0.29, 0.717) is 24.5 Å². The van der Waals surface area contributed by atoms with E-state index in [2.05, 4.69) is 51.9 Å². The highest BCUT2D eigenvalue weighted by Gasteiger charge is 2.34. The number of aliphatic hydroxyl groups excluding tert-OH is 1. The monoisotopic (exact) mass is 461 g/mol. The Hall–Kier alpha value is -1.96. The van der Waals surface area contributed by atoms with Crippen LogP contribution in [0.1, 0.15) is 29.8 Å². The number of hydrogen-bond donors (Lipinski definition) is 1. The Balaban J connectivity index is 1.85. The van der Waals surface area contributed by atoms with E-state index in [1.54, 1.807) is 17.2 Å². The molecule has 1 aromatic carbocycles. The van der Waals surface area contributed by atoms with Gasteiger partial charge in [0, 0.05) is 36.2 Å². The second-order valence-electron chi connectivity index (χ2n) is 7.81. The van der Waals surface area contributed by atoms with Crippen LogP contribution in [0, 0.1) is 5.92 Å². The first-order chi connectivity index (χ1) is 13.9. The molecule has 7 heteroatoms. The van der Waals surface area contributed by atoms with E-state index in [-0.39, 0.29) is 30.6 Å². The fourth-order valence-electron chi connectivity index (χ4n) is 3.56. The number of amides is 1. The van der Waals surface area contributed by atoms with Crippen molar-refractivity contribution in [2.45, 2.75) is 32.5 Å². The molecule has 1 aliphatic heterocycles. The maximum Gasteiger partial charge on any atom is 0.259 e. The van der Waals surface area contributed by atoms with Crippen LogP contribution in [0.2, 0.25) is 0 Å². The molecular weight excluding hydrogens is 434 g/mol. The van der Waals surface area contributed by atoms with Crippen LogP contribution in [-0.2, 0) is 6.54 Å². The lowest BCUT2D eigenvalue weighted by molar-refractivity contribution is 0.0325. The number of pyridine rings is 1. The first-order valence-corrected chi connectivity index (χ1v) is 10.6. The highest BCUT2D eigenvalue weighted by Crippen LogP contribution is 2.28. The zero-order valence-corrected chi connectivity index (χ0v) is 18.7. The van der Waals surface area contributed by atoms with Gasteiger partial charge in [0.2, 0.25) is 5.88 Å². The SMILES string of the molecule is C[C@@H]1CN([C@H](C)CO)C(=O)c2cc(Br)cnc2O[C@@H]1CN(C)Cc1ccccc1. The molecule has 2 heterocycles. The number of fused-ring (bicyclic) bond motifs is 1. The number of carbonyl (C=O) groups is 1. The zero-order chi connectivity index (χ0) is 21.0. The average Bonchev–Trinajstić information content (AvgIpc) is 2.71. The summed E-state index contributed by atoms with van der Waals surface area (Å²) < 4.78 is 6.98. The fraction of sp³-hybridized carbons (Fsp3) is 0.455. The number of ether oxygens (including phenoxy) is 1. The number of likely N-dealkylation sites (N-methyl/N-ethyl adjacent to an activating group) is 1. The van der Waals surface area contributed by atoms with E-state index >= 15 is 0 Å². The summed E-state index contributed by atoms with van der Waals surface area (Å²) in [6, 6.07) is 11.8. The Kier molecular flexibility index (Phi) is 7.27. The van der Waals surface area contributed by atoms with Crippen LogP contribution in [0.5, 0.6) is 5.88 Å². The van der Waals surface area contributed by atoms with Gasteiger partial charge in [-0.3, -0.25) is 9.69 Å². The van der Waals surface area contributed by atoms with Crippen LogP contribution in [-0.4, -0.2) is 64.7 Å². The molecule has 1 N–H and O–H groups in total. The molecule has 0 aliphatic carbocycles. The molecule has 0 radical (unpaired) electrons. The van der Waals surface area contributed by atoms with Crippen LogP contribution in [0.4, 0.5) is 0 Å². The van der Waals surface area contributed by atoms with Crippen molar-refractivity contribution in [3.05, 3.63) is 58.2 Å². The largest absolute Gasteiger partial charge is 0.472 e. The molecule has 0 saturated heterocycles. The van der Waals surface area contributed by atoms with E-state index in [1.165, 1.54) is 5.56 Å². The Morgan fingerprint density at radius 3 is 2.79 bits per heavy atom. The molecule has 0 saturated carbocycles. The van der Waals surface area contributed by atoms with Crippen molar-refractivity contribution in [2.24, 2.45) is 5.92 Å². The standard InChI is InChI=1S/C22H28BrN3O3/c1-15-11-26(16(2)14-27)22(28)19-9-18(23)10-24-21(19)29-20(15)13-25(3)12-17-7-5-4-6-8-17/h4-10,15-16,20,27H,11-14H2,1-3H3/t15-,16-,20-/m1/s1. The van der Waals surface area contributed by atoms with Crippen LogP contribution in [0.25, 0.3) is 0 Å². The predicted octanol–water partition coefficient (Wildman–Crippen LogP) is 3.20. The van der Waals surface area contributed by atoms with Crippen molar-refractivity contribution >= 4 is 21.8 Å². The molecule has 6 nitrogen and oxygen atoms in total. The van der Waals surface area contributed by atoms with Crippen molar-refractivity contribution in [1.29, 1.82) is 0 Å². The van der Waals surface area contributed by atoms with Gasteiger partial charge in [-0.1, -0.05) is 37.3 Å². The number of hydrogen-bond acceptors (Lipinski definition) is 5. The molecule has 156 valence electrons. The highest BCUT2D eigenvalue weighted by molar-refractivity contribution is 9.10. The third-order valence-corrected chi connectivity index (χ3v) is 5.71. The first-order valence-electron chi connectivity index (χ1n) is 9.85. The summed E-state index contributed by atoms with van der Waals surface area (Å²) in [5.41, 5.74) is 1.66. The van der Waals surface area contributed by atoms with Gasteiger partial charge in [-0.2, -0.15) is 0 Å². The Morgan fingerprint density at radius 1 is 1.38 bits per heavy atom. The van der Waals surface area contributed by atoms with Gasteiger partial charge in [-0.25, -0.2) is 4.98 Å². The minimum absolute atomic E-state index is 0.0739. The zero-order valence-electron chi connectivity index (χ0n) is 17.1. The summed E-state index contributed by atoms with van der Waals surface area (Å²) in [7, 11) is 2.07. The number of nitrogens with zero attached hydrogens (tertiary/aromatic N) is 3. The molecule has 0 bridgehead atoms. The Bertz CT molecular complexity index is 833. The van der Waals surface area contributed by atoms with Gasteiger partial charge < -0.3 is 14.7 Å². The van der Waals surface area contributed by atoms with Crippen LogP contribution >= 0.6 is 15.9 Å². The second-order valence-corrected chi connectivity index (χ2v) is 8.73. The van der Waals surface area contributed by atoms with Crippen molar-refractivity contribution in [3.8, 4) is 5.88 Å². The van der Waals surface area contributed by atoms with E-state index in [1.807, 2.05) is 25.1 Å². The van der Waals surface area contributed by atoms with Crippen molar-refractivity contribution in [3.63, 3.8) is 0 Å².